The Morgan fingerprint density at radius 2 is 1.92 bits per heavy atom. The van der Waals surface area contributed by atoms with Crippen LogP contribution < -0.4 is 4.90 Å². The van der Waals surface area contributed by atoms with Gasteiger partial charge < -0.3 is 9.80 Å². The molecule has 8 heteroatoms. The topological polar surface area (TPSA) is 60.9 Å². The summed E-state index contributed by atoms with van der Waals surface area (Å²) in [6.07, 6.45) is 0. The van der Waals surface area contributed by atoms with E-state index in [1.807, 2.05) is 6.07 Å². The molecule has 0 aromatic heterocycles. The molecule has 2 heterocycles. The van der Waals surface area contributed by atoms with E-state index in [9.17, 15) is 13.2 Å². The van der Waals surface area contributed by atoms with Gasteiger partial charge in [0.1, 0.15) is 0 Å². The van der Waals surface area contributed by atoms with Crippen molar-refractivity contribution in [1.29, 1.82) is 0 Å². The first-order valence-electron chi connectivity index (χ1n) is 8.64. The zero-order valence-corrected chi connectivity index (χ0v) is 16.6. The molecule has 0 N–H and O–H groups in total. The minimum absolute atomic E-state index is 0.0560. The molecule has 1 fully saturated rings. The van der Waals surface area contributed by atoms with E-state index in [-0.39, 0.29) is 10.8 Å². The Balaban J connectivity index is 1.91. The van der Waals surface area contributed by atoms with Gasteiger partial charge in [0, 0.05) is 49.8 Å². The molecule has 25 heavy (non-hydrogen) atoms. The third-order valence-electron chi connectivity index (χ3n) is 4.79. The quantitative estimate of drug-likeness (QED) is 0.797. The van der Waals surface area contributed by atoms with E-state index in [1.165, 1.54) is 6.92 Å². The van der Waals surface area contributed by atoms with Gasteiger partial charge in [0.15, 0.2) is 0 Å². The maximum Gasteiger partial charge on any atom is 0.243 e. The van der Waals surface area contributed by atoms with Gasteiger partial charge in [-0.2, -0.15) is 4.31 Å². The number of hydrogen-bond donors (Lipinski definition) is 0. The fraction of sp³-hybridized carbons (Fsp3) is 0.588. The molecule has 0 saturated carbocycles. The minimum Gasteiger partial charge on any atom is -0.310 e. The Bertz CT molecular complexity index is 758. The third kappa shape index (κ3) is 3.72. The van der Waals surface area contributed by atoms with Crippen molar-refractivity contribution in [2.24, 2.45) is 0 Å². The highest BCUT2D eigenvalue weighted by molar-refractivity contribution is 8.00. The summed E-state index contributed by atoms with van der Waals surface area (Å²) in [4.78, 5) is 17.2. The summed E-state index contributed by atoms with van der Waals surface area (Å²) in [5, 5.41) is 0.293. The Morgan fingerprint density at radius 3 is 2.52 bits per heavy atom. The van der Waals surface area contributed by atoms with Gasteiger partial charge in [-0.3, -0.25) is 4.79 Å². The van der Waals surface area contributed by atoms with E-state index in [1.54, 1.807) is 33.1 Å². The first-order chi connectivity index (χ1) is 11.8. The lowest BCUT2D eigenvalue weighted by molar-refractivity contribution is -0.116. The number of nitrogens with zero attached hydrogens (tertiary/aromatic N) is 3. The van der Waals surface area contributed by atoms with Crippen LogP contribution in [0.1, 0.15) is 20.8 Å². The number of anilines is 1. The summed E-state index contributed by atoms with van der Waals surface area (Å²) in [5.74, 6) is -0.0560. The summed E-state index contributed by atoms with van der Waals surface area (Å²) in [6.45, 7) is 9.76. The number of carbonyl (C=O) groups is 1. The van der Waals surface area contributed by atoms with E-state index >= 15 is 0 Å². The lowest BCUT2D eigenvalue weighted by Gasteiger charge is -2.34. The molecule has 2 aliphatic rings. The molecule has 6 nitrogen and oxygen atoms in total. The lowest BCUT2D eigenvalue weighted by atomic mass is 10.2. The molecule has 1 amide bonds. The molecule has 0 bridgehead atoms. The second-order valence-corrected chi connectivity index (χ2v) is 9.94. The van der Waals surface area contributed by atoms with Crippen LogP contribution in [-0.2, 0) is 14.8 Å². The summed E-state index contributed by atoms with van der Waals surface area (Å²) >= 11 is 1.68. The molecule has 1 unspecified atom stereocenters. The first kappa shape index (κ1) is 18.7. The normalized spacial score (nSPS) is 22.7. The Labute approximate surface area is 154 Å². The van der Waals surface area contributed by atoms with Crippen molar-refractivity contribution >= 4 is 33.4 Å². The predicted molar refractivity (Wildman–Crippen MR) is 101 cm³/mol. The van der Waals surface area contributed by atoms with Gasteiger partial charge in [-0.05, 0) is 24.7 Å². The van der Waals surface area contributed by atoms with Crippen molar-refractivity contribution in [2.75, 3.05) is 44.2 Å². The number of sulfonamides is 1. The molecule has 0 spiro atoms. The summed E-state index contributed by atoms with van der Waals surface area (Å²) in [7, 11) is -3.53. The Hall–Kier alpha value is -1.09. The zero-order chi connectivity index (χ0) is 18.2. The molecule has 2 aliphatic heterocycles. The number of carbonyl (C=O) groups excluding carboxylic acids is 1. The summed E-state index contributed by atoms with van der Waals surface area (Å²) in [5.41, 5.74) is 0.712. The molecular weight excluding hydrogens is 358 g/mol. The molecular formula is C17H25N3O3S2. The van der Waals surface area contributed by atoms with Gasteiger partial charge in [-0.25, -0.2) is 8.42 Å². The van der Waals surface area contributed by atoms with Crippen LogP contribution in [0.15, 0.2) is 28.0 Å². The highest BCUT2D eigenvalue weighted by atomic mass is 32.2. The average Bonchev–Trinajstić information content (AvgIpc) is 2.60. The maximum absolute atomic E-state index is 13.0. The standard InChI is InChI=1S/C17H25N3O3S2/c1-4-18-7-9-19(10-8-18)25(22,23)15-5-6-17-16(11-15)20(14(3)21)12-13(2)24-17/h5-6,11,13H,4,7-10,12H2,1-3H3. The molecule has 0 radical (unpaired) electrons. The second-order valence-electron chi connectivity index (χ2n) is 6.53. The molecule has 1 aromatic carbocycles. The SMILES string of the molecule is CCN1CCN(S(=O)(=O)c2ccc3c(c2)N(C(C)=O)CC(C)S3)CC1. The van der Waals surface area contributed by atoms with Crippen molar-refractivity contribution in [3.05, 3.63) is 18.2 Å². The van der Waals surface area contributed by atoms with Crippen LogP contribution in [0.2, 0.25) is 0 Å². The average molecular weight is 384 g/mol. The zero-order valence-electron chi connectivity index (χ0n) is 14.9. The fourth-order valence-electron chi connectivity index (χ4n) is 3.31. The number of thioether (sulfide) groups is 1. The van der Waals surface area contributed by atoms with Crippen molar-refractivity contribution in [3.8, 4) is 0 Å². The highest BCUT2D eigenvalue weighted by Gasteiger charge is 2.31. The van der Waals surface area contributed by atoms with Crippen LogP contribution >= 0.6 is 11.8 Å². The van der Waals surface area contributed by atoms with E-state index in [0.29, 0.717) is 30.6 Å². The van der Waals surface area contributed by atoms with Gasteiger partial charge in [0.25, 0.3) is 0 Å². The number of hydrogen-bond acceptors (Lipinski definition) is 5. The van der Waals surface area contributed by atoms with E-state index < -0.39 is 10.0 Å². The maximum atomic E-state index is 13.0. The number of amides is 1. The molecule has 3 rings (SSSR count). The largest absolute Gasteiger partial charge is 0.310 e. The van der Waals surface area contributed by atoms with Crippen LogP contribution in [0.3, 0.4) is 0 Å². The Kier molecular flexibility index (Phi) is 5.43. The molecule has 138 valence electrons. The van der Waals surface area contributed by atoms with Crippen LogP contribution in [0.25, 0.3) is 0 Å². The van der Waals surface area contributed by atoms with Crippen molar-refractivity contribution in [2.45, 2.75) is 35.8 Å². The highest BCUT2D eigenvalue weighted by Crippen LogP contribution is 2.40. The van der Waals surface area contributed by atoms with Crippen molar-refractivity contribution in [1.82, 2.24) is 9.21 Å². The predicted octanol–water partition coefficient (Wildman–Crippen LogP) is 1.86. The molecule has 1 aromatic rings. The number of rotatable bonds is 3. The second kappa shape index (κ2) is 7.26. The fourth-order valence-corrected chi connectivity index (χ4v) is 5.85. The van der Waals surface area contributed by atoms with Crippen LogP contribution in [0, 0.1) is 0 Å². The smallest absolute Gasteiger partial charge is 0.243 e. The number of likely N-dealkylation sites (N-methyl/N-ethyl adjacent to an activating group) is 1. The minimum atomic E-state index is -3.53. The number of fused-ring (bicyclic) bond motifs is 1. The summed E-state index contributed by atoms with van der Waals surface area (Å²) < 4.78 is 27.6. The van der Waals surface area contributed by atoms with Gasteiger partial charge in [0.2, 0.25) is 15.9 Å². The van der Waals surface area contributed by atoms with Gasteiger partial charge in [0.05, 0.1) is 10.6 Å². The van der Waals surface area contributed by atoms with Crippen LogP contribution in [0.4, 0.5) is 5.69 Å². The summed E-state index contributed by atoms with van der Waals surface area (Å²) in [6, 6.07) is 5.17. The van der Waals surface area contributed by atoms with Crippen molar-refractivity contribution in [3.63, 3.8) is 0 Å². The Morgan fingerprint density at radius 1 is 1.24 bits per heavy atom. The molecule has 1 saturated heterocycles. The van der Waals surface area contributed by atoms with E-state index in [4.69, 9.17) is 0 Å². The van der Waals surface area contributed by atoms with E-state index in [0.717, 1.165) is 24.5 Å². The van der Waals surface area contributed by atoms with Crippen molar-refractivity contribution < 1.29 is 13.2 Å². The van der Waals surface area contributed by atoms with Crippen LogP contribution in [0.5, 0.6) is 0 Å². The molecule has 0 aliphatic carbocycles. The van der Waals surface area contributed by atoms with E-state index in [2.05, 4.69) is 18.7 Å². The van der Waals surface area contributed by atoms with Gasteiger partial charge in [-0.1, -0.05) is 13.8 Å². The third-order valence-corrected chi connectivity index (χ3v) is 7.83. The van der Waals surface area contributed by atoms with Gasteiger partial charge in [-0.15, -0.1) is 11.8 Å². The monoisotopic (exact) mass is 383 g/mol. The van der Waals surface area contributed by atoms with Gasteiger partial charge >= 0.3 is 0 Å². The lowest BCUT2D eigenvalue weighted by Crippen LogP contribution is -2.48. The van der Waals surface area contributed by atoms with Crippen LogP contribution in [-0.4, -0.2) is 68.0 Å². The molecule has 1 atom stereocenters. The number of piperazine rings is 1. The first-order valence-corrected chi connectivity index (χ1v) is 11.0. The number of benzene rings is 1.